The average molecular weight is 227 g/mol. The van der Waals surface area contributed by atoms with E-state index in [1.807, 2.05) is 0 Å². The van der Waals surface area contributed by atoms with Gasteiger partial charge in [0.25, 0.3) is 0 Å². The third-order valence-corrected chi connectivity index (χ3v) is 1.26. The van der Waals surface area contributed by atoms with Crippen LogP contribution < -0.4 is 11.7 Å². The van der Waals surface area contributed by atoms with Crippen molar-refractivity contribution in [3.63, 3.8) is 0 Å². The second kappa shape index (κ2) is 5.20. The first-order valence-electron chi connectivity index (χ1n) is 3.57. The minimum absolute atomic E-state index is 0.107. The van der Waals surface area contributed by atoms with Crippen LogP contribution in [0.25, 0.3) is 22.0 Å². The first kappa shape index (κ1) is 11.3. The molecule has 0 bridgehead atoms. The van der Waals surface area contributed by atoms with Gasteiger partial charge >= 0.3 is 0 Å². The number of nitrogens with zero attached hydrogens (tertiary/aromatic N) is 9. The Labute approximate surface area is 86.1 Å². The van der Waals surface area contributed by atoms with Gasteiger partial charge in [-0.3, -0.25) is 10.7 Å². The molecule has 0 aliphatic carbocycles. The Morgan fingerprint density at radius 1 is 1.50 bits per heavy atom. The molecule has 0 atom stereocenters. The zero-order valence-corrected chi connectivity index (χ0v) is 7.63. The van der Waals surface area contributed by atoms with Gasteiger partial charge in [-0.05, 0) is 31.4 Å². The molecule has 0 amide bonds. The van der Waals surface area contributed by atoms with Gasteiger partial charge in [0.2, 0.25) is 11.6 Å². The predicted octanol–water partition coefficient (Wildman–Crippen LogP) is -1.89. The fourth-order valence-electron chi connectivity index (χ4n) is 0.750. The van der Waals surface area contributed by atoms with Crippen LogP contribution in [0.1, 0.15) is 0 Å². The highest BCUT2D eigenvalue weighted by Crippen LogP contribution is 2.23. The van der Waals surface area contributed by atoms with E-state index in [2.05, 4.69) is 52.2 Å². The highest BCUT2D eigenvalue weighted by atomic mass is 16.6. The van der Waals surface area contributed by atoms with Crippen molar-refractivity contribution in [3.8, 4) is 11.5 Å². The molecule has 2 aromatic heterocycles. The van der Waals surface area contributed by atoms with Crippen LogP contribution in [0.5, 0.6) is 0 Å². The summed E-state index contributed by atoms with van der Waals surface area (Å²) in [5, 5.41) is 30.1. The molecule has 0 saturated heterocycles. The first-order chi connectivity index (χ1) is 7.83. The molecular formula is C3H5N11O2. The molecule has 5 N–H and O–H groups in total. The molecule has 13 heteroatoms. The van der Waals surface area contributed by atoms with Crippen molar-refractivity contribution in [3.05, 3.63) is 15.7 Å². The van der Waals surface area contributed by atoms with Gasteiger partial charge in [0.1, 0.15) is 0 Å². The van der Waals surface area contributed by atoms with Crippen LogP contribution in [0.3, 0.4) is 0 Å². The van der Waals surface area contributed by atoms with Crippen LogP contribution in [-0.2, 0) is 0 Å². The average Bonchev–Trinajstić information content (AvgIpc) is 2.90. The smallest absolute Gasteiger partial charge is 0.202 e. The highest BCUT2D eigenvalue weighted by Gasteiger charge is 2.15. The lowest BCUT2D eigenvalue weighted by Gasteiger charge is -2.01. The number of hydrogen-bond acceptors (Lipinski definition) is 9. The fraction of sp³-hybridized carbons (Fsp3) is 0. The van der Waals surface area contributed by atoms with Gasteiger partial charge in [0, 0.05) is 4.91 Å². The summed E-state index contributed by atoms with van der Waals surface area (Å²) in [5.74, 6) is 6.56. The van der Waals surface area contributed by atoms with Gasteiger partial charge in [-0.1, -0.05) is 0 Å². The van der Waals surface area contributed by atoms with E-state index in [-0.39, 0.29) is 22.2 Å². The standard InChI is InChI=1S/C3N9O2.H4N2/c4-9-5-2-1(7-14-8-2)3-6-10-11-12(3)13;1-2/h;1-2H2/q-1;/p+1. The zero-order valence-electron chi connectivity index (χ0n) is 7.63. The second-order valence-electron chi connectivity index (χ2n) is 2.00. The molecular weight excluding hydrogens is 222 g/mol. The molecule has 0 saturated carbocycles. The molecule has 0 unspecified atom stereocenters. The molecule has 2 rings (SSSR count). The topological polar surface area (TPSA) is 208 Å². The molecule has 0 spiro atoms. The summed E-state index contributed by atoms with van der Waals surface area (Å²) in [6.07, 6.45) is 0. The maximum Gasteiger partial charge on any atom is 0.202 e. The predicted molar refractivity (Wildman–Crippen MR) is 45.8 cm³/mol. The van der Waals surface area contributed by atoms with Gasteiger partial charge in [-0.15, -0.1) is 5.10 Å². The number of rotatable bonds is 2. The number of hydrogen-bond donors (Lipinski definition) is 2. The van der Waals surface area contributed by atoms with E-state index < -0.39 is 0 Å². The Kier molecular flexibility index (Phi) is 3.68. The number of nitrogens with two attached hydrogens (primary N) is 1. The molecule has 0 aliphatic rings. The Morgan fingerprint density at radius 3 is 2.81 bits per heavy atom. The van der Waals surface area contributed by atoms with Crippen molar-refractivity contribution in [2.24, 2.45) is 11.0 Å². The van der Waals surface area contributed by atoms with Gasteiger partial charge in [-0.2, -0.15) is 5.84 Å². The Hall–Kier alpha value is -2.76. The van der Waals surface area contributed by atoms with Gasteiger partial charge in [0.15, 0.2) is 5.69 Å². The Balaban J connectivity index is 0.000000606. The summed E-state index contributed by atoms with van der Waals surface area (Å²) in [5.41, 5.74) is 8.03. The molecule has 0 aromatic carbocycles. The van der Waals surface area contributed by atoms with Crippen molar-refractivity contribution in [1.82, 2.24) is 30.7 Å². The molecule has 2 aromatic rings. The van der Waals surface area contributed by atoms with E-state index in [1.54, 1.807) is 0 Å². The largest absolute Gasteiger partial charge is 0.788 e. The van der Waals surface area contributed by atoms with Crippen LogP contribution >= 0.6 is 0 Å². The number of tetrazole rings is 1. The monoisotopic (exact) mass is 227 g/mol. The quantitative estimate of drug-likeness (QED) is 0.194. The normalized spacial score (nSPS) is 8.88. The Bertz CT molecular complexity index is 493. The van der Waals surface area contributed by atoms with Crippen molar-refractivity contribution < 1.29 is 10.5 Å². The maximum atomic E-state index is 10.9. The summed E-state index contributed by atoms with van der Waals surface area (Å²) in [4.78, 5) is 2.57. The molecule has 0 radical (unpaired) electrons. The highest BCUT2D eigenvalue weighted by molar-refractivity contribution is 5.61. The van der Waals surface area contributed by atoms with Crippen molar-refractivity contribution in [2.45, 2.75) is 0 Å². The summed E-state index contributed by atoms with van der Waals surface area (Å²) >= 11 is 0. The third-order valence-electron chi connectivity index (χ3n) is 1.26. The minimum Gasteiger partial charge on any atom is -0.788 e. The minimum atomic E-state index is -0.242. The van der Waals surface area contributed by atoms with Crippen LogP contribution in [0.15, 0.2) is 9.74 Å². The van der Waals surface area contributed by atoms with Crippen molar-refractivity contribution in [2.75, 3.05) is 0 Å². The molecule has 0 fully saturated rings. The van der Waals surface area contributed by atoms with Gasteiger partial charge in [-0.25, -0.2) is 4.63 Å². The molecule has 16 heavy (non-hydrogen) atoms. The lowest BCUT2D eigenvalue weighted by Crippen LogP contribution is -2.59. The first-order valence-corrected chi connectivity index (χ1v) is 3.57. The fourth-order valence-corrected chi connectivity index (χ4v) is 0.750. The van der Waals surface area contributed by atoms with Gasteiger partial charge in [0.05, 0.1) is 0 Å². The SMILES string of the molecule is N[NH3+].[N-]=[N+]=Nc1nonc1-c1nnnn1[O-]. The molecule has 84 valence electrons. The lowest BCUT2D eigenvalue weighted by atomic mass is 10.4. The molecule has 13 nitrogen and oxygen atoms in total. The van der Waals surface area contributed by atoms with Crippen LogP contribution in [0.4, 0.5) is 5.82 Å². The van der Waals surface area contributed by atoms with E-state index in [0.717, 1.165) is 0 Å². The van der Waals surface area contributed by atoms with E-state index >= 15 is 0 Å². The van der Waals surface area contributed by atoms with E-state index in [1.165, 1.54) is 0 Å². The van der Waals surface area contributed by atoms with E-state index in [4.69, 9.17) is 5.53 Å². The van der Waals surface area contributed by atoms with Crippen LogP contribution in [0.2, 0.25) is 0 Å². The van der Waals surface area contributed by atoms with E-state index in [0.29, 0.717) is 0 Å². The summed E-state index contributed by atoms with van der Waals surface area (Å²) in [7, 11) is 0. The molecule has 2 heterocycles. The van der Waals surface area contributed by atoms with Crippen molar-refractivity contribution >= 4 is 5.82 Å². The van der Waals surface area contributed by atoms with Crippen LogP contribution in [0, 0.1) is 5.21 Å². The summed E-state index contributed by atoms with van der Waals surface area (Å²) in [6.45, 7) is 0. The lowest BCUT2D eigenvalue weighted by molar-refractivity contribution is -0.379. The maximum absolute atomic E-state index is 10.9. The number of quaternary nitrogens is 1. The van der Waals surface area contributed by atoms with Crippen LogP contribution in [-0.4, -0.2) is 30.7 Å². The third kappa shape index (κ3) is 2.01. The Morgan fingerprint density at radius 2 is 2.25 bits per heavy atom. The summed E-state index contributed by atoms with van der Waals surface area (Å²) in [6, 6.07) is 0. The number of azide groups is 1. The molecule has 0 aliphatic heterocycles. The number of aromatic nitrogens is 6. The second-order valence-corrected chi connectivity index (χ2v) is 2.00. The van der Waals surface area contributed by atoms with Gasteiger partial charge < -0.3 is 5.21 Å². The summed E-state index contributed by atoms with van der Waals surface area (Å²) < 4.78 is 4.26. The zero-order chi connectivity index (χ0) is 12.0. The van der Waals surface area contributed by atoms with Crippen molar-refractivity contribution in [1.29, 1.82) is 0 Å². The van der Waals surface area contributed by atoms with E-state index in [9.17, 15) is 5.21 Å².